The fraction of sp³-hybridized carbons (Fsp3) is 0.500. The lowest BCUT2D eigenvalue weighted by Gasteiger charge is -2.60. The molecule has 1 spiro atoms. The van der Waals surface area contributed by atoms with Crippen LogP contribution in [0.15, 0.2) is 78.3 Å². The van der Waals surface area contributed by atoms with Crippen LogP contribution in [0.25, 0.3) is 43.6 Å². The summed E-state index contributed by atoms with van der Waals surface area (Å²) in [6.07, 6.45) is 7.99. The molecular formula is C56H67N9O5S. The lowest BCUT2D eigenvalue weighted by molar-refractivity contribution is -0.150. The number of carbonyl (C=O) groups excluding carboxylic acids is 3. The summed E-state index contributed by atoms with van der Waals surface area (Å²) in [5.74, 6) is -0.128. The Bertz CT molecular complexity index is 2930. The maximum atomic E-state index is 14.3. The van der Waals surface area contributed by atoms with Crippen molar-refractivity contribution in [3.63, 3.8) is 0 Å². The highest BCUT2D eigenvalue weighted by atomic mass is 32.1. The van der Waals surface area contributed by atoms with Crippen molar-refractivity contribution in [2.75, 3.05) is 32.7 Å². The number of aromatic hydroxyl groups is 1. The number of aryl methyl sites for hydroxylation is 1. The van der Waals surface area contributed by atoms with Gasteiger partial charge in [0.15, 0.2) is 5.65 Å². The Kier molecular flexibility index (Phi) is 12.7. The number of aromatic amines is 1. The normalized spacial score (nSPS) is 25.1. The average molecular weight is 978 g/mol. The Balaban J connectivity index is 0.628. The van der Waals surface area contributed by atoms with Crippen molar-refractivity contribution in [2.45, 2.75) is 128 Å². The topological polar surface area (TPSA) is 180 Å². The van der Waals surface area contributed by atoms with E-state index in [1.165, 1.54) is 23.3 Å². The summed E-state index contributed by atoms with van der Waals surface area (Å²) >= 11 is 1.60. The molecule has 6 aromatic rings. The number of hydrogen-bond donors (Lipinski definition) is 5. The van der Waals surface area contributed by atoms with Gasteiger partial charge in [-0.05, 0) is 148 Å². The minimum absolute atomic E-state index is 0.0541. The monoisotopic (exact) mass is 977 g/mol. The molecule has 0 bridgehead atoms. The number of piperidine rings is 2. The molecule has 11 rings (SSSR count). The number of thiazole rings is 1. The second-order valence-electron chi connectivity index (χ2n) is 22.6. The summed E-state index contributed by atoms with van der Waals surface area (Å²) in [6.45, 7) is 12.6. The van der Waals surface area contributed by atoms with Gasteiger partial charge >= 0.3 is 0 Å². The number of rotatable bonds is 11. The van der Waals surface area contributed by atoms with E-state index in [0.717, 1.165) is 108 Å². The number of nitrogens with zero attached hydrogens (tertiary/aromatic N) is 6. The van der Waals surface area contributed by atoms with E-state index in [1.807, 2.05) is 81.7 Å². The SMILES string of the molecule is Cc1ncsc1-c1ccc(CNC(=O)[C@@H]2C[C@@H](O)CN2C(=O)[C@@H](NC(=O)C2CC3(C2)CC(N2CCC(N4CCC(c5ccc6[nH]c7nnc(-c8ccccc8O)cc7c6c5)CC4)CC2)C3)C(C)(C)C)cc1. The molecular weight excluding hydrogens is 911 g/mol. The Morgan fingerprint density at radius 2 is 1.58 bits per heavy atom. The first kappa shape index (κ1) is 47.6. The number of amides is 3. The van der Waals surface area contributed by atoms with Crippen molar-refractivity contribution < 1.29 is 24.6 Å². The quantitative estimate of drug-likeness (QED) is 0.0856. The van der Waals surface area contributed by atoms with Gasteiger partial charge < -0.3 is 40.5 Å². The molecule has 6 heterocycles. The predicted octanol–water partition coefficient (Wildman–Crippen LogP) is 7.93. The maximum Gasteiger partial charge on any atom is 0.246 e. The third kappa shape index (κ3) is 9.46. The fourth-order valence-corrected chi connectivity index (χ4v) is 13.6. The van der Waals surface area contributed by atoms with Crippen LogP contribution in [-0.2, 0) is 20.9 Å². The summed E-state index contributed by atoms with van der Waals surface area (Å²) < 4.78 is 0. The van der Waals surface area contributed by atoms with Crippen molar-refractivity contribution in [3.05, 3.63) is 95.1 Å². The molecule has 5 N–H and O–H groups in total. The molecule has 3 aromatic carbocycles. The molecule has 372 valence electrons. The van der Waals surface area contributed by atoms with E-state index >= 15 is 0 Å². The van der Waals surface area contributed by atoms with E-state index < -0.39 is 23.6 Å². The molecule has 3 saturated heterocycles. The minimum atomic E-state index is -0.826. The van der Waals surface area contributed by atoms with E-state index in [4.69, 9.17) is 0 Å². The number of likely N-dealkylation sites (tertiary alicyclic amines) is 3. The molecule has 0 unspecified atom stereocenters. The van der Waals surface area contributed by atoms with Crippen LogP contribution in [0, 0.1) is 23.7 Å². The van der Waals surface area contributed by atoms with Gasteiger partial charge in [0, 0.05) is 59.4 Å². The molecule has 2 saturated carbocycles. The molecule has 2 aliphatic carbocycles. The number of phenols is 1. The third-order valence-electron chi connectivity index (χ3n) is 16.9. The number of aromatic nitrogens is 4. The lowest BCUT2D eigenvalue weighted by atomic mass is 9.49. The van der Waals surface area contributed by atoms with Crippen LogP contribution >= 0.6 is 11.3 Å². The van der Waals surface area contributed by atoms with Crippen molar-refractivity contribution in [3.8, 4) is 27.4 Å². The first-order valence-electron chi connectivity index (χ1n) is 25.8. The first-order valence-corrected chi connectivity index (χ1v) is 26.7. The van der Waals surface area contributed by atoms with Crippen molar-refractivity contribution >= 4 is 51.0 Å². The fourth-order valence-electron chi connectivity index (χ4n) is 12.7. The smallest absolute Gasteiger partial charge is 0.246 e. The largest absolute Gasteiger partial charge is 0.507 e. The van der Waals surface area contributed by atoms with Crippen molar-refractivity contribution in [1.29, 1.82) is 0 Å². The molecule has 14 nitrogen and oxygen atoms in total. The molecule has 15 heteroatoms. The molecule has 5 fully saturated rings. The number of aliphatic hydroxyl groups excluding tert-OH is 1. The molecule has 3 aromatic heterocycles. The molecule has 3 atom stereocenters. The number of fused-ring (bicyclic) bond motifs is 3. The average Bonchev–Trinajstić information content (AvgIpc) is 4.07. The van der Waals surface area contributed by atoms with Crippen LogP contribution in [0.3, 0.4) is 0 Å². The number of hydrogen-bond acceptors (Lipinski definition) is 11. The highest BCUT2D eigenvalue weighted by Gasteiger charge is 2.57. The lowest BCUT2D eigenvalue weighted by Crippen LogP contribution is -2.62. The predicted molar refractivity (Wildman–Crippen MR) is 276 cm³/mol. The van der Waals surface area contributed by atoms with Crippen LogP contribution in [0.2, 0.25) is 0 Å². The van der Waals surface area contributed by atoms with Gasteiger partial charge in [-0.15, -0.1) is 21.5 Å². The zero-order valence-corrected chi connectivity index (χ0v) is 42.2. The van der Waals surface area contributed by atoms with Gasteiger partial charge in [-0.25, -0.2) is 4.98 Å². The number of nitrogens with one attached hydrogen (secondary N) is 3. The number of carbonyl (C=O) groups is 3. The van der Waals surface area contributed by atoms with E-state index in [9.17, 15) is 24.6 Å². The van der Waals surface area contributed by atoms with Crippen LogP contribution in [0.4, 0.5) is 0 Å². The van der Waals surface area contributed by atoms with E-state index in [1.54, 1.807) is 17.4 Å². The number of β-amino-alcohol motifs (C(OH)–C–C–N with tert-alkyl or cyclic N) is 1. The summed E-state index contributed by atoms with van der Waals surface area (Å²) in [4.78, 5) is 57.6. The second kappa shape index (κ2) is 19.0. The van der Waals surface area contributed by atoms with E-state index in [0.29, 0.717) is 35.8 Å². The Hall–Kier alpha value is -5.74. The summed E-state index contributed by atoms with van der Waals surface area (Å²) in [6, 6.07) is 23.6. The van der Waals surface area contributed by atoms with Crippen LogP contribution < -0.4 is 10.6 Å². The number of benzene rings is 3. The van der Waals surface area contributed by atoms with Crippen LogP contribution in [-0.4, -0.2) is 126 Å². The standard InChI is InChI=1S/C56H67N9O5S/c1-33-49(71-32-58-33)36-11-9-34(10-12-36)30-57-53(69)47-24-41(66)31-65(47)54(70)50(55(2,3)4)60-52(68)38-26-56(27-38)28-40(29-56)64-21-17-39(18-22-64)63-19-15-35(16-20-63)37-13-14-45-43(23-37)44-25-46(61-62-51(44)59-45)42-7-5-6-8-48(42)67/h5-14,23,25,32,35,38-41,47,50,66-67H,15-22,24,26-31H2,1-4H3,(H,57,69)(H,59,62)(H,60,68)/t38?,40?,41-,47+,50-,56?/m1/s1. The van der Waals surface area contributed by atoms with Gasteiger partial charge in [-0.1, -0.05) is 63.2 Å². The van der Waals surface area contributed by atoms with Crippen LogP contribution in [0.1, 0.15) is 101 Å². The minimum Gasteiger partial charge on any atom is -0.507 e. The molecule has 71 heavy (non-hydrogen) atoms. The summed E-state index contributed by atoms with van der Waals surface area (Å²) in [5.41, 5.74) is 8.96. The Morgan fingerprint density at radius 1 is 0.859 bits per heavy atom. The first-order chi connectivity index (χ1) is 34.2. The van der Waals surface area contributed by atoms with Crippen LogP contribution in [0.5, 0.6) is 5.75 Å². The zero-order chi connectivity index (χ0) is 49.2. The van der Waals surface area contributed by atoms with E-state index in [-0.39, 0.29) is 47.8 Å². The van der Waals surface area contributed by atoms with E-state index in [2.05, 4.69) is 58.8 Å². The van der Waals surface area contributed by atoms with Crippen molar-refractivity contribution in [2.24, 2.45) is 16.7 Å². The van der Waals surface area contributed by atoms with Gasteiger partial charge in [-0.3, -0.25) is 14.4 Å². The Morgan fingerprint density at radius 3 is 2.28 bits per heavy atom. The summed E-state index contributed by atoms with van der Waals surface area (Å²) in [5, 5.41) is 38.4. The summed E-state index contributed by atoms with van der Waals surface area (Å²) in [7, 11) is 0. The van der Waals surface area contributed by atoms with Gasteiger partial charge in [0.2, 0.25) is 17.7 Å². The molecule has 3 aliphatic heterocycles. The van der Waals surface area contributed by atoms with Gasteiger partial charge in [0.1, 0.15) is 17.8 Å². The molecule has 0 radical (unpaired) electrons. The van der Waals surface area contributed by atoms with Gasteiger partial charge in [0.25, 0.3) is 0 Å². The van der Waals surface area contributed by atoms with Crippen molar-refractivity contribution in [1.82, 2.24) is 45.5 Å². The maximum absolute atomic E-state index is 14.3. The number of phenolic OH excluding ortho intramolecular Hbond substituents is 1. The number of H-pyrrole nitrogens is 1. The third-order valence-corrected chi connectivity index (χ3v) is 17.8. The zero-order valence-electron chi connectivity index (χ0n) is 41.4. The second-order valence-corrected chi connectivity index (χ2v) is 23.4. The number of aliphatic hydroxyl groups is 1. The number of para-hydroxylation sites is 1. The Labute approximate surface area is 419 Å². The van der Waals surface area contributed by atoms with Gasteiger partial charge in [0.05, 0.1) is 27.9 Å². The highest BCUT2D eigenvalue weighted by molar-refractivity contribution is 7.13. The van der Waals surface area contributed by atoms with Gasteiger partial charge in [-0.2, -0.15) is 0 Å². The molecule has 3 amide bonds. The highest BCUT2D eigenvalue weighted by Crippen LogP contribution is 2.60. The molecule has 5 aliphatic rings.